The molecular formula is C9H10BrNO. The Kier molecular flexibility index (Phi) is 3.44. The molecule has 0 aliphatic heterocycles. The van der Waals surface area contributed by atoms with Gasteiger partial charge in [-0.1, -0.05) is 28.1 Å². The van der Waals surface area contributed by atoms with Gasteiger partial charge in [0.15, 0.2) is 0 Å². The van der Waals surface area contributed by atoms with Crippen molar-refractivity contribution in [3.05, 3.63) is 34.3 Å². The molecule has 0 bridgehead atoms. The second kappa shape index (κ2) is 4.38. The Morgan fingerprint density at radius 1 is 1.42 bits per heavy atom. The molecule has 0 unspecified atom stereocenters. The summed E-state index contributed by atoms with van der Waals surface area (Å²) < 4.78 is 1.03. The van der Waals surface area contributed by atoms with E-state index in [0.29, 0.717) is 6.42 Å². The van der Waals surface area contributed by atoms with Gasteiger partial charge in [0, 0.05) is 4.47 Å². The molecule has 0 fully saturated rings. The zero-order chi connectivity index (χ0) is 8.97. The van der Waals surface area contributed by atoms with Gasteiger partial charge < -0.3 is 10.5 Å². The van der Waals surface area contributed by atoms with Crippen molar-refractivity contribution < 1.29 is 4.79 Å². The number of benzene rings is 1. The second-order valence-electron chi connectivity index (χ2n) is 2.63. The van der Waals surface area contributed by atoms with Crippen LogP contribution in [0.3, 0.4) is 0 Å². The van der Waals surface area contributed by atoms with Crippen molar-refractivity contribution in [2.45, 2.75) is 12.5 Å². The number of rotatable bonds is 3. The molecule has 0 radical (unpaired) electrons. The minimum Gasteiger partial charge on any atom is -0.321 e. The van der Waals surface area contributed by atoms with Crippen LogP contribution in [0, 0.1) is 0 Å². The number of aldehydes is 1. The first kappa shape index (κ1) is 9.42. The van der Waals surface area contributed by atoms with Crippen LogP contribution in [0.5, 0.6) is 0 Å². The van der Waals surface area contributed by atoms with Gasteiger partial charge in [0.25, 0.3) is 0 Å². The smallest absolute Gasteiger partial charge is 0.137 e. The molecule has 0 saturated carbocycles. The highest BCUT2D eigenvalue weighted by Crippen LogP contribution is 2.11. The lowest BCUT2D eigenvalue weighted by atomic mass is 10.1. The molecule has 0 saturated heterocycles. The molecule has 1 aromatic carbocycles. The maximum absolute atomic E-state index is 10.2. The largest absolute Gasteiger partial charge is 0.321 e. The van der Waals surface area contributed by atoms with E-state index in [1.165, 1.54) is 0 Å². The van der Waals surface area contributed by atoms with E-state index >= 15 is 0 Å². The van der Waals surface area contributed by atoms with Crippen LogP contribution in [0.1, 0.15) is 5.56 Å². The van der Waals surface area contributed by atoms with Gasteiger partial charge in [-0.2, -0.15) is 0 Å². The van der Waals surface area contributed by atoms with Crippen molar-refractivity contribution in [1.82, 2.24) is 0 Å². The monoisotopic (exact) mass is 227 g/mol. The lowest BCUT2D eigenvalue weighted by Crippen LogP contribution is -2.23. The van der Waals surface area contributed by atoms with Crippen LogP contribution in [0.15, 0.2) is 28.7 Å². The van der Waals surface area contributed by atoms with Gasteiger partial charge in [0.1, 0.15) is 6.29 Å². The van der Waals surface area contributed by atoms with Crippen LogP contribution in [-0.2, 0) is 11.2 Å². The molecule has 1 atom stereocenters. The quantitative estimate of drug-likeness (QED) is 0.797. The maximum atomic E-state index is 10.2. The third-order valence-corrected chi connectivity index (χ3v) is 2.09. The van der Waals surface area contributed by atoms with E-state index in [9.17, 15) is 4.79 Å². The minimum atomic E-state index is -0.383. The molecule has 2 nitrogen and oxygen atoms in total. The van der Waals surface area contributed by atoms with Crippen LogP contribution < -0.4 is 5.73 Å². The van der Waals surface area contributed by atoms with E-state index in [0.717, 1.165) is 16.3 Å². The summed E-state index contributed by atoms with van der Waals surface area (Å²) in [6.07, 6.45) is 1.37. The summed E-state index contributed by atoms with van der Waals surface area (Å²) in [5.41, 5.74) is 6.54. The Balaban J connectivity index is 2.64. The van der Waals surface area contributed by atoms with E-state index in [-0.39, 0.29) is 6.04 Å². The van der Waals surface area contributed by atoms with Crippen molar-refractivity contribution in [2.24, 2.45) is 5.73 Å². The van der Waals surface area contributed by atoms with Gasteiger partial charge in [-0.25, -0.2) is 0 Å². The number of hydrogen-bond acceptors (Lipinski definition) is 2. The van der Waals surface area contributed by atoms with Gasteiger partial charge in [0.05, 0.1) is 6.04 Å². The summed E-state index contributed by atoms with van der Waals surface area (Å²) in [5, 5.41) is 0. The molecule has 0 aromatic heterocycles. The fourth-order valence-corrected chi connectivity index (χ4v) is 1.21. The zero-order valence-corrected chi connectivity index (χ0v) is 8.12. The first-order chi connectivity index (χ1) is 5.72. The van der Waals surface area contributed by atoms with E-state index in [4.69, 9.17) is 5.73 Å². The SMILES string of the molecule is N[C@H](C=O)Cc1ccc(Br)cc1. The molecule has 2 N–H and O–H groups in total. The van der Waals surface area contributed by atoms with E-state index in [1.807, 2.05) is 24.3 Å². The van der Waals surface area contributed by atoms with E-state index < -0.39 is 0 Å². The highest BCUT2D eigenvalue weighted by molar-refractivity contribution is 9.10. The Bertz CT molecular complexity index is 258. The molecule has 64 valence electrons. The number of nitrogens with two attached hydrogens (primary N) is 1. The fourth-order valence-electron chi connectivity index (χ4n) is 0.941. The standard InChI is InChI=1S/C9H10BrNO/c10-8-3-1-7(2-4-8)5-9(11)6-12/h1-4,6,9H,5,11H2/t9-/m0/s1. The Hall–Kier alpha value is -0.670. The number of carbonyl (C=O) groups excluding carboxylic acids is 1. The lowest BCUT2D eigenvalue weighted by molar-refractivity contribution is -0.108. The maximum Gasteiger partial charge on any atom is 0.137 e. The lowest BCUT2D eigenvalue weighted by Gasteiger charge is -2.03. The number of carbonyl (C=O) groups is 1. The molecule has 0 heterocycles. The summed E-state index contributed by atoms with van der Waals surface area (Å²) in [4.78, 5) is 10.2. The molecule has 1 rings (SSSR count). The summed E-state index contributed by atoms with van der Waals surface area (Å²) in [6.45, 7) is 0. The second-order valence-corrected chi connectivity index (χ2v) is 3.55. The third-order valence-electron chi connectivity index (χ3n) is 1.56. The van der Waals surface area contributed by atoms with Crippen molar-refractivity contribution in [1.29, 1.82) is 0 Å². The van der Waals surface area contributed by atoms with Gasteiger partial charge in [-0.05, 0) is 24.1 Å². The van der Waals surface area contributed by atoms with Gasteiger partial charge in [-0.15, -0.1) is 0 Å². The Labute approximate surface area is 79.9 Å². The van der Waals surface area contributed by atoms with Gasteiger partial charge in [-0.3, -0.25) is 0 Å². The van der Waals surface area contributed by atoms with Crippen LogP contribution in [-0.4, -0.2) is 12.3 Å². The Morgan fingerprint density at radius 3 is 2.50 bits per heavy atom. The summed E-state index contributed by atoms with van der Waals surface area (Å²) in [7, 11) is 0. The normalized spacial score (nSPS) is 12.5. The average molecular weight is 228 g/mol. The summed E-state index contributed by atoms with van der Waals surface area (Å²) in [5.74, 6) is 0. The van der Waals surface area contributed by atoms with Crippen molar-refractivity contribution >= 4 is 22.2 Å². The number of hydrogen-bond donors (Lipinski definition) is 1. The van der Waals surface area contributed by atoms with E-state index in [2.05, 4.69) is 15.9 Å². The van der Waals surface area contributed by atoms with Crippen molar-refractivity contribution in [3.8, 4) is 0 Å². The average Bonchev–Trinajstić information content (AvgIpc) is 2.09. The topological polar surface area (TPSA) is 43.1 Å². The number of halogens is 1. The summed E-state index contributed by atoms with van der Waals surface area (Å²) in [6, 6.07) is 7.40. The Morgan fingerprint density at radius 2 is 2.00 bits per heavy atom. The van der Waals surface area contributed by atoms with Crippen molar-refractivity contribution in [3.63, 3.8) is 0 Å². The minimum absolute atomic E-state index is 0.383. The molecule has 0 amide bonds. The van der Waals surface area contributed by atoms with Crippen molar-refractivity contribution in [2.75, 3.05) is 0 Å². The third kappa shape index (κ3) is 2.75. The molecule has 0 aliphatic carbocycles. The summed E-state index contributed by atoms with van der Waals surface area (Å²) >= 11 is 3.33. The molecular weight excluding hydrogens is 218 g/mol. The van der Waals surface area contributed by atoms with Crippen LogP contribution >= 0.6 is 15.9 Å². The fraction of sp³-hybridized carbons (Fsp3) is 0.222. The van der Waals surface area contributed by atoms with Gasteiger partial charge >= 0.3 is 0 Å². The molecule has 0 aliphatic rings. The highest BCUT2D eigenvalue weighted by Gasteiger charge is 2.00. The highest BCUT2D eigenvalue weighted by atomic mass is 79.9. The molecule has 12 heavy (non-hydrogen) atoms. The van der Waals surface area contributed by atoms with Crippen LogP contribution in [0.4, 0.5) is 0 Å². The predicted octanol–water partition coefficient (Wildman–Crippen LogP) is 1.52. The first-order valence-corrected chi connectivity index (χ1v) is 4.47. The molecule has 3 heteroatoms. The molecule has 1 aromatic rings. The van der Waals surface area contributed by atoms with Crippen LogP contribution in [0.25, 0.3) is 0 Å². The van der Waals surface area contributed by atoms with Gasteiger partial charge in [0.2, 0.25) is 0 Å². The van der Waals surface area contributed by atoms with Crippen LogP contribution in [0.2, 0.25) is 0 Å². The first-order valence-electron chi connectivity index (χ1n) is 3.67. The zero-order valence-electron chi connectivity index (χ0n) is 6.53. The molecule has 0 spiro atoms. The van der Waals surface area contributed by atoms with E-state index in [1.54, 1.807) is 0 Å². The predicted molar refractivity (Wildman–Crippen MR) is 51.9 cm³/mol.